The highest BCUT2D eigenvalue weighted by atomic mass is 127. The number of aryl methyl sites for hydroxylation is 2. The predicted octanol–water partition coefficient (Wildman–Crippen LogP) is 4.28. The standard InChI is InChI=1S/C23H35N5O2.HI/c1-18-25-14-16-28(18)15-7-6-13-26-23(24-2)27-17-19-9-8-12-21(29-3)22(19)30-20-10-4-5-11-20;/h8-9,12,14,16,20H,4-7,10-11,13,15,17H2,1-3H3,(H2,24,26,27);1H. The van der Waals surface area contributed by atoms with Gasteiger partial charge >= 0.3 is 0 Å². The molecule has 1 fully saturated rings. The molecule has 0 saturated heterocycles. The fourth-order valence-corrected chi connectivity index (χ4v) is 3.82. The van der Waals surface area contributed by atoms with Crippen molar-refractivity contribution in [1.29, 1.82) is 0 Å². The molecule has 3 rings (SSSR count). The van der Waals surface area contributed by atoms with Crippen LogP contribution in [-0.4, -0.2) is 42.3 Å². The number of ether oxygens (including phenoxy) is 2. The van der Waals surface area contributed by atoms with Crippen LogP contribution in [0, 0.1) is 6.92 Å². The highest BCUT2D eigenvalue weighted by Crippen LogP contribution is 2.34. The number of hydrogen-bond donors (Lipinski definition) is 2. The van der Waals surface area contributed by atoms with Crippen molar-refractivity contribution in [3.05, 3.63) is 42.0 Å². The number of imidazole rings is 1. The van der Waals surface area contributed by atoms with Crippen molar-refractivity contribution < 1.29 is 9.47 Å². The second-order valence-electron chi connectivity index (χ2n) is 7.70. The molecule has 2 N–H and O–H groups in total. The number of para-hydroxylation sites is 1. The van der Waals surface area contributed by atoms with Crippen LogP contribution >= 0.6 is 24.0 Å². The minimum absolute atomic E-state index is 0. The monoisotopic (exact) mass is 541 g/mol. The molecule has 0 radical (unpaired) electrons. The summed E-state index contributed by atoms with van der Waals surface area (Å²) >= 11 is 0. The van der Waals surface area contributed by atoms with Gasteiger partial charge in [-0.2, -0.15) is 0 Å². The van der Waals surface area contributed by atoms with Gasteiger partial charge in [-0.25, -0.2) is 4.98 Å². The van der Waals surface area contributed by atoms with Crippen molar-refractivity contribution in [1.82, 2.24) is 20.2 Å². The highest BCUT2D eigenvalue weighted by Gasteiger charge is 2.20. The van der Waals surface area contributed by atoms with Gasteiger partial charge in [-0.05, 0) is 51.5 Å². The number of nitrogens with zero attached hydrogens (tertiary/aromatic N) is 3. The Morgan fingerprint density at radius 3 is 2.71 bits per heavy atom. The minimum atomic E-state index is 0. The van der Waals surface area contributed by atoms with E-state index < -0.39 is 0 Å². The summed E-state index contributed by atoms with van der Waals surface area (Å²) in [5.74, 6) is 3.50. The Labute approximate surface area is 203 Å². The smallest absolute Gasteiger partial charge is 0.191 e. The number of unbranched alkanes of at least 4 members (excludes halogenated alkanes) is 1. The van der Waals surface area contributed by atoms with E-state index in [9.17, 15) is 0 Å². The Hall–Kier alpha value is -1.97. The molecule has 0 spiro atoms. The summed E-state index contributed by atoms with van der Waals surface area (Å²) in [5.41, 5.74) is 1.08. The summed E-state index contributed by atoms with van der Waals surface area (Å²) in [6.45, 7) is 4.53. The van der Waals surface area contributed by atoms with Gasteiger partial charge in [-0.1, -0.05) is 12.1 Å². The van der Waals surface area contributed by atoms with Crippen LogP contribution in [-0.2, 0) is 13.1 Å². The van der Waals surface area contributed by atoms with Gasteiger partial charge in [0, 0.05) is 44.6 Å². The van der Waals surface area contributed by atoms with E-state index in [1.807, 2.05) is 31.5 Å². The van der Waals surface area contributed by atoms with Gasteiger partial charge in [0.1, 0.15) is 5.82 Å². The molecular formula is C23H36IN5O2. The first-order chi connectivity index (χ1) is 14.7. The van der Waals surface area contributed by atoms with E-state index in [1.54, 1.807) is 14.2 Å². The zero-order valence-electron chi connectivity index (χ0n) is 18.9. The van der Waals surface area contributed by atoms with Crippen LogP contribution in [0.3, 0.4) is 0 Å². The van der Waals surface area contributed by atoms with Crippen molar-refractivity contribution in [3.8, 4) is 11.5 Å². The van der Waals surface area contributed by atoms with Gasteiger partial charge in [0.25, 0.3) is 0 Å². The lowest BCUT2D eigenvalue weighted by Crippen LogP contribution is -2.37. The molecule has 1 heterocycles. The predicted molar refractivity (Wildman–Crippen MR) is 136 cm³/mol. The molecule has 0 bridgehead atoms. The molecule has 1 saturated carbocycles. The molecule has 0 atom stereocenters. The lowest BCUT2D eigenvalue weighted by molar-refractivity contribution is 0.198. The molecule has 172 valence electrons. The van der Waals surface area contributed by atoms with Gasteiger partial charge in [-0.15, -0.1) is 24.0 Å². The lowest BCUT2D eigenvalue weighted by atomic mass is 10.1. The first-order valence-corrected chi connectivity index (χ1v) is 11.0. The first kappa shape index (κ1) is 25.3. The SMILES string of the molecule is CN=C(NCCCCn1ccnc1C)NCc1cccc(OC)c1OC1CCCC1.I. The summed E-state index contributed by atoms with van der Waals surface area (Å²) in [6, 6.07) is 6.05. The molecule has 7 nitrogen and oxygen atoms in total. The average molecular weight is 541 g/mol. The van der Waals surface area contributed by atoms with Gasteiger partial charge in [-0.3, -0.25) is 4.99 Å². The number of benzene rings is 1. The van der Waals surface area contributed by atoms with E-state index >= 15 is 0 Å². The molecule has 2 aromatic rings. The Morgan fingerprint density at radius 2 is 2.03 bits per heavy atom. The summed E-state index contributed by atoms with van der Waals surface area (Å²) in [5, 5.41) is 6.80. The second kappa shape index (κ2) is 13.4. The van der Waals surface area contributed by atoms with Gasteiger partial charge in [0.2, 0.25) is 0 Å². The van der Waals surface area contributed by atoms with Crippen LogP contribution in [0.15, 0.2) is 35.6 Å². The molecule has 1 aromatic heterocycles. The second-order valence-corrected chi connectivity index (χ2v) is 7.70. The highest BCUT2D eigenvalue weighted by molar-refractivity contribution is 14.0. The Bertz CT molecular complexity index is 818. The van der Waals surface area contributed by atoms with Crippen molar-refractivity contribution in [2.45, 2.75) is 64.6 Å². The van der Waals surface area contributed by atoms with Crippen molar-refractivity contribution >= 4 is 29.9 Å². The summed E-state index contributed by atoms with van der Waals surface area (Å²) < 4.78 is 14.1. The van der Waals surface area contributed by atoms with E-state index in [0.29, 0.717) is 6.54 Å². The maximum atomic E-state index is 6.32. The van der Waals surface area contributed by atoms with Crippen LogP contribution in [0.4, 0.5) is 0 Å². The Kier molecular flexibility index (Phi) is 11.0. The average Bonchev–Trinajstić information content (AvgIpc) is 3.42. The fraction of sp³-hybridized carbons (Fsp3) is 0.565. The Morgan fingerprint density at radius 1 is 1.23 bits per heavy atom. The zero-order chi connectivity index (χ0) is 21.2. The summed E-state index contributed by atoms with van der Waals surface area (Å²) in [7, 11) is 3.49. The number of guanidine groups is 1. The van der Waals surface area contributed by atoms with Gasteiger partial charge in [0.15, 0.2) is 17.5 Å². The third-order valence-electron chi connectivity index (χ3n) is 5.58. The minimum Gasteiger partial charge on any atom is -0.493 e. The third kappa shape index (κ3) is 7.59. The molecule has 0 amide bonds. The van der Waals surface area contributed by atoms with Gasteiger partial charge in [0.05, 0.1) is 13.2 Å². The fourth-order valence-electron chi connectivity index (χ4n) is 3.82. The molecule has 1 aromatic carbocycles. The molecule has 0 aliphatic heterocycles. The maximum Gasteiger partial charge on any atom is 0.191 e. The van der Waals surface area contributed by atoms with E-state index in [2.05, 4.69) is 31.2 Å². The van der Waals surface area contributed by atoms with Crippen LogP contribution < -0.4 is 20.1 Å². The van der Waals surface area contributed by atoms with Crippen LogP contribution in [0.25, 0.3) is 0 Å². The number of aliphatic imine (C=N–C) groups is 1. The number of aromatic nitrogens is 2. The van der Waals surface area contributed by atoms with Crippen LogP contribution in [0.1, 0.15) is 49.9 Å². The molecule has 1 aliphatic rings. The normalized spacial score (nSPS) is 14.2. The number of rotatable bonds is 10. The largest absolute Gasteiger partial charge is 0.493 e. The summed E-state index contributed by atoms with van der Waals surface area (Å²) in [4.78, 5) is 8.61. The maximum absolute atomic E-state index is 6.32. The number of nitrogens with one attached hydrogen (secondary N) is 2. The number of methoxy groups -OCH3 is 1. The quantitative estimate of drug-likeness (QED) is 0.203. The lowest BCUT2D eigenvalue weighted by Gasteiger charge is -2.20. The third-order valence-corrected chi connectivity index (χ3v) is 5.58. The van der Waals surface area contributed by atoms with Crippen LogP contribution in [0.2, 0.25) is 0 Å². The first-order valence-electron chi connectivity index (χ1n) is 11.0. The molecule has 0 unspecified atom stereocenters. The van der Waals surface area contributed by atoms with E-state index in [4.69, 9.17) is 9.47 Å². The molecule has 31 heavy (non-hydrogen) atoms. The van der Waals surface area contributed by atoms with Crippen molar-refractivity contribution in [2.75, 3.05) is 20.7 Å². The van der Waals surface area contributed by atoms with E-state index in [0.717, 1.165) is 67.6 Å². The van der Waals surface area contributed by atoms with Crippen LogP contribution in [0.5, 0.6) is 11.5 Å². The summed E-state index contributed by atoms with van der Waals surface area (Å²) in [6.07, 6.45) is 11.0. The van der Waals surface area contributed by atoms with Crippen molar-refractivity contribution in [3.63, 3.8) is 0 Å². The number of hydrogen-bond acceptors (Lipinski definition) is 4. The Balaban J connectivity index is 0.00000341. The van der Waals surface area contributed by atoms with E-state index in [-0.39, 0.29) is 30.1 Å². The van der Waals surface area contributed by atoms with E-state index in [1.165, 1.54) is 12.8 Å². The number of halogens is 1. The molecule has 1 aliphatic carbocycles. The molecular weight excluding hydrogens is 505 g/mol. The van der Waals surface area contributed by atoms with Gasteiger partial charge < -0.3 is 24.7 Å². The van der Waals surface area contributed by atoms with Crippen molar-refractivity contribution in [2.24, 2.45) is 4.99 Å². The topological polar surface area (TPSA) is 72.7 Å². The molecule has 8 heteroatoms. The zero-order valence-corrected chi connectivity index (χ0v) is 21.2.